The monoisotopic (exact) mass is 891 g/mol. The van der Waals surface area contributed by atoms with Gasteiger partial charge in [-0.1, -0.05) is 66.2 Å². The Hall–Kier alpha value is -3.56. The number of amides is 1. The highest BCUT2D eigenvalue weighted by Crippen LogP contribution is 2.44. The molecule has 0 heterocycles. The van der Waals surface area contributed by atoms with Crippen molar-refractivity contribution < 1.29 is 69.5 Å². The van der Waals surface area contributed by atoms with Crippen LogP contribution in [0.25, 0.3) is 11.1 Å². The molecule has 62 heavy (non-hydrogen) atoms. The standard InChI is InChI=1S/C45H65NO15S/c1-38-11-13-39(14-12-38)62(48,49)61-36-35-59-34-33-58-32-31-57-30-29-56-28-27-55-26-25-54-24-23-53-22-21-52-20-19-51-18-17-50-16-15-46(2)45(47)60-37-44-42-9-5-3-7-40(42)41-8-4-6-10-43(41)44/h3-14,44H,15-37H2,1-2H3. The van der Waals surface area contributed by atoms with E-state index in [0.717, 1.165) is 5.56 Å². The Bertz CT molecular complexity index is 1700. The predicted octanol–water partition coefficient (Wildman–Crippen LogP) is 4.75. The average molecular weight is 892 g/mol. The van der Waals surface area contributed by atoms with Crippen LogP contribution in [-0.2, 0) is 66.4 Å². The van der Waals surface area contributed by atoms with Crippen LogP contribution in [0.15, 0.2) is 77.7 Å². The predicted molar refractivity (Wildman–Crippen MR) is 230 cm³/mol. The van der Waals surface area contributed by atoms with Crippen molar-refractivity contribution in [2.24, 2.45) is 0 Å². The smallest absolute Gasteiger partial charge is 0.409 e. The number of carbonyl (C=O) groups is 1. The minimum absolute atomic E-state index is 0.0304. The van der Waals surface area contributed by atoms with E-state index in [-0.39, 0.29) is 30.1 Å². The molecule has 0 atom stereocenters. The van der Waals surface area contributed by atoms with Crippen molar-refractivity contribution >= 4 is 16.2 Å². The third-order valence-electron chi connectivity index (χ3n) is 9.34. The summed E-state index contributed by atoms with van der Waals surface area (Å²) in [6, 6.07) is 23.0. The number of hydrogen-bond donors (Lipinski definition) is 0. The molecule has 0 N–H and O–H groups in total. The van der Waals surface area contributed by atoms with Crippen LogP contribution in [0.1, 0.15) is 22.6 Å². The second kappa shape index (κ2) is 31.3. The van der Waals surface area contributed by atoms with Gasteiger partial charge in [-0.25, -0.2) is 4.79 Å². The maximum atomic E-state index is 12.6. The summed E-state index contributed by atoms with van der Waals surface area (Å²) in [5, 5.41) is 0. The minimum Gasteiger partial charge on any atom is -0.448 e. The number of nitrogens with zero attached hydrogens (tertiary/aromatic N) is 1. The van der Waals surface area contributed by atoms with Crippen LogP contribution in [0.5, 0.6) is 0 Å². The number of hydrogen-bond acceptors (Lipinski definition) is 15. The van der Waals surface area contributed by atoms with E-state index < -0.39 is 10.1 Å². The van der Waals surface area contributed by atoms with E-state index in [4.69, 9.17) is 56.3 Å². The van der Waals surface area contributed by atoms with E-state index in [0.29, 0.717) is 139 Å². The van der Waals surface area contributed by atoms with Crippen LogP contribution in [-0.4, -0.2) is 178 Å². The summed E-state index contributed by atoms with van der Waals surface area (Å²) in [7, 11) is -2.08. The zero-order valence-electron chi connectivity index (χ0n) is 36.2. The van der Waals surface area contributed by atoms with E-state index in [1.807, 2.05) is 31.2 Å². The first kappa shape index (κ1) is 51.1. The van der Waals surface area contributed by atoms with Crippen molar-refractivity contribution in [1.82, 2.24) is 4.90 Å². The lowest BCUT2D eigenvalue weighted by molar-refractivity contribution is -0.0268. The lowest BCUT2D eigenvalue weighted by atomic mass is 9.98. The van der Waals surface area contributed by atoms with Crippen molar-refractivity contribution in [2.75, 3.05) is 159 Å². The van der Waals surface area contributed by atoms with Gasteiger partial charge >= 0.3 is 6.09 Å². The SMILES string of the molecule is Cc1ccc(S(=O)(=O)OCCOCCOCCOCCOCCOCCOCCOCCOCCOCCOCCN(C)C(=O)OCC2c3ccccc3-c3ccccc32)cc1. The Balaban J connectivity index is 0.793. The number of fused-ring (bicyclic) bond motifs is 3. The van der Waals surface area contributed by atoms with Crippen LogP contribution >= 0.6 is 0 Å². The van der Waals surface area contributed by atoms with E-state index in [1.54, 1.807) is 19.2 Å². The first-order valence-electron chi connectivity index (χ1n) is 21.2. The molecule has 1 amide bonds. The molecule has 17 heteroatoms. The molecule has 16 nitrogen and oxygen atoms in total. The fraction of sp³-hybridized carbons (Fsp3) is 0.578. The van der Waals surface area contributed by atoms with Gasteiger partial charge in [0.25, 0.3) is 10.1 Å². The lowest BCUT2D eigenvalue weighted by Crippen LogP contribution is -2.32. The largest absolute Gasteiger partial charge is 0.448 e. The summed E-state index contributed by atoms with van der Waals surface area (Å²) in [4.78, 5) is 14.3. The first-order chi connectivity index (χ1) is 30.4. The third kappa shape index (κ3) is 20.3. The van der Waals surface area contributed by atoms with Gasteiger partial charge in [0.1, 0.15) is 6.61 Å². The molecule has 346 valence electrons. The summed E-state index contributed by atoms with van der Waals surface area (Å²) >= 11 is 0. The van der Waals surface area contributed by atoms with Crippen LogP contribution < -0.4 is 0 Å². The highest BCUT2D eigenvalue weighted by atomic mass is 32.2. The number of rotatable bonds is 37. The summed E-state index contributed by atoms with van der Waals surface area (Å²) in [6.07, 6.45) is -0.372. The maximum absolute atomic E-state index is 12.6. The molecule has 0 aliphatic heterocycles. The summed E-state index contributed by atoms with van der Waals surface area (Å²) in [5.41, 5.74) is 5.74. The number of likely N-dealkylation sites (N-methyl/N-ethyl adjacent to an activating group) is 1. The molecule has 0 saturated carbocycles. The zero-order valence-corrected chi connectivity index (χ0v) is 37.1. The highest BCUT2D eigenvalue weighted by Gasteiger charge is 2.29. The Kier molecular flexibility index (Phi) is 25.8. The van der Waals surface area contributed by atoms with Crippen molar-refractivity contribution in [2.45, 2.75) is 17.7 Å². The number of ether oxygens (including phenoxy) is 11. The van der Waals surface area contributed by atoms with Crippen molar-refractivity contribution in [1.29, 1.82) is 0 Å². The Morgan fingerprint density at radius 1 is 0.484 bits per heavy atom. The van der Waals surface area contributed by atoms with Crippen LogP contribution in [0.2, 0.25) is 0 Å². The van der Waals surface area contributed by atoms with Gasteiger partial charge in [0, 0.05) is 19.5 Å². The summed E-state index contributed by atoms with van der Waals surface area (Å²) < 4.78 is 89.9. The van der Waals surface area contributed by atoms with Crippen LogP contribution in [0.3, 0.4) is 0 Å². The van der Waals surface area contributed by atoms with Gasteiger partial charge in [-0.05, 0) is 41.3 Å². The fourth-order valence-corrected chi connectivity index (χ4v) is 6.95. The molecular formula is C45H65NO15S. The first-order valence-corrected chi connectivity index (χ1v) is 22.6. The van der Waals surface area contributed by atoms with E-state index in [2.05, 4.69) is 24.3 Å². The number of benzene rings is 3. The molecule has 0 unspecified atom stereocenters. The number of aryl methyl sites for hydroxylation is 1. The van der Waals surface area contributed by atoms with Gasteiger partial charge in [-0.15, -0.1) is 0 Å². The quantitative estimate of drug-likeness (QED) is 0.0575. The second-order valence-corrected chi connectivity index (χ2v) is 15.6. The van der Waals surface area contributed by atoms with Gasteiger partial charge in [-0.3, -0.25) is 4.18 Å². The Morgan fingerprint density at radius 2 is 0.823 bits per heavy atom. The minimum atomic E-state index is -3.79. The molecule has 0 fully saturated rings. The molecular weight excluding hydrogens is 827 g/mol. The topological polar surface area (TPSA) is 165 Å². The van der Waals surface area contributed by atoms with Crippen LogP contribution in [0.4, 0.5) is 4.79 Å². The van der Waals surface area contributed by atoms with Crippen molar-refractivity contribution in [3.63, 3.8) is 0 Å². The average Bonchev–Trinajstić information content (AvgIpc) is 3.60. The second-order valence-electron chi connectivity index (χ2n) is 13.9. The summed E-state index contributed by atoms with van der Waals surface area (Å²) in [6.45, 7) is 10.9. The Labute approximate surface area is 367 Å². The van der Waals surface area contributed by atoms with Gasteiger partial charge in [0.05, 0.1) is 144 Å². The molecule has 4 rings (SSSR count). The Morgan fingerprint density at radius 3 is 1.21 bits per heavy atom. The summed E-state index contributed by atoms with van der Waals surface area (Å²) in [5.74, 6) is 0.0304. The molecule has 0 bridgehead atoms. The maximum Gasteiger partial charge on any atom is 0.409 e. The number of carbonyl (C=O) groups excluding carboxylic acids is 1. The van der Waals surface area contributed by atoms with Gasteiger partial charge in [0.2, 0.25) is 0 Å². The molecule has 0 radical (unpaired) electrons. The normalized spacial score (nSPS) is 12.4. The molecule has 0 spiro atoms. The van der Waals surface area contributed by atoms with E-state index in [1.165, 1.54) is 39.3 Å². The lowest BCUT2D eigenvalue weighted by Gasteiger charge is -2.19. The van der Waals surface area contributed by atoms with Crippen molar-refractivity contribution in [3.05, 3.63) is 89.5 Å². The van der Waals surface area contributed by atoms with Crippen molar-refractivity contribution in [3.8, 4) is 11.1 Å². The zero-order chi connectivity index (χ0) is 43.9. The molecule has 0 aromatic heterocycles. The molecule has 1 aliphatic rings. The van der Waals surface area contributed by atoms with E-state index in [9.17, 15) is 13.2 Å². The molecule has 3 aromatic rings. The molecule has 3 aromatic carbocycles. The van der Waals surface area contributed by atoms with Crippen LogP contribution in [0, 0.1) is 6.92 Å². The van der Waals surface area contributed by atoms with E-state index >= 15 is 0 Å². The third-order valence-corrected chi connectivity index (χ3v) is 10.7. The van der Waals surface area contributed by atoms with Gasteiger partial charge in [0.15, 0.2) is 0 Å². The highest BCUT2D eigenvalue weighted by molar-refractivity contribution is 7.86. The fourth-order valence-electron chi connectivity index (χ4n) is 6.05. The molecule has 0 saturated heterocycles. The van der Waals surface area contributed by atoms with Gasteiger partial charge < -0.3 is 57.0 Å². The molecule has 1 aliphatic carbocycles. The van der Waals surface area contributed by atoms with Gasteiger partial charge in [-0.2, -0.15) is 8.42 Å².